The van der Waals surface area contributed by atoms with Gasteiger partial charge in [-0.25, -0.2) is 9.97 Å². The van der Waals surface area contributed by atoms with E-state index in [1.54, 1.807) is 40.1 Å². The third kappa shape index (κ3) is 13.3. The SMILES string of the molecule is C.Cc1ncccc1[C@@H]1CNCC[C@H]1OC(=O)C(C)(C)COc1ncccc1C(F)(F)F.Cc1ncccc1[C@H]1CNCC[C@@H]1OC(=O)C(C)(C)COc1ncccc1C(F)(F)F. The highest BCUT2D eigenvalue weighted by Gasteiger charge is 2.41. The zero-order chi connectivity index (χ0) is 45.3. The number of esters is 2. The van der Waals surface area contributed by atoms with Crippen molar-refractivity contribution in [3.8, 4) is 11.8 Å². The fourth-order valence-corrected chi connectivity index (χ4v) is 7.00. The number of hydrogen-bond donors (Lipinski definition) is 2. The molecule has 2 N–H and O–H groups in total. The van der Waals surface area contributed by atoms with Crippen LogP contribution < -0.4 is 20.1 Å². The molecule has 0 amide bonds. The Balaban J connectivity index is 0.000000272. The molecule has 0 aromatic carbocycles. The number of pyridine rings is 4. The number of carbonyl (C=O) groups excluding carboxylic acids is 2. The van der Waals surface area contributed by atoms with Gasteiger partial charge in [-0.1, -0.05) is 19.6 Å². The number of hydrogen-bond acceptors (Lipinski definition) is 12. The Morgan fingerprint density at radius 2 is 0.952 bits per heavy atom. The molecule has 0 aliphatic carbocycles. The Morgan fingerprint density at radius 3 is 1.30 bits per heavy atom. The van der Waals surface area contributed by atoms with E-state index < -0.39 is 58.0 Å². The molecular formula is C45H56F6N6O6. The van der Waals surface area contributed by atoms with Crippen molar-refractivity contribution in [2.24, 2.45) is 10.8 Å². The minimum absolute atomic E-state index is 0. The summed E-state index contributed by atoms with van der Waals surface area (Å²) in [6.07, 6.45) is -2.83. The molecule has 2 aliphatic heterocycles. The van der Waals surface area contributed by atoms with E-state index in [2.05, 4.69) is 30.6 Å². The van der Waals surface area contributed by atoms with Crippen LogP contribution in [-0.4, -0.2) is 83.5 Å². The molecule has 63 heavy (non-hydrogen) atoms. The lowest BCUT2D eigenvalue weighted by molar-refractivity contribution is -0.164. The van der Waals surface area contributed by atoms with Gasteiger partial charge in [-0.3, -0.25) is 19.6 Å². The van der Waals surface area contributed by atoms with Crippen LogP contribution in [0.2, 0.25) is 0 Å². The predicted octanol–water partition coefficient (Wildman–Crippen LogP) is 8.43. The Morgan fingerprint density at radius 1 is 0.603 bits per heavy atom. The third-order valence-electron chi connectivity index (χ3n) is 10.6. The average molecular weight is 891 g/mol. The van der Waals surface area contributed by atoms with Crippen molar-refractivity contribution in [2.45, 2.75) is 98.2 Å². The molecule has 2 fully saturated rings. The lowest BCUT2D eigenvalue weighted by Crippen LogP contribution is -2.44. The number of nitrogens with one attached hydrogen (secondary N) is 2. The van der Waals surface area contributed by atoms with Crippen LogP contribution >= 0.6 is 0 Å². The second-order valence-corrected chi connectivity index (χ2v) is 16.5. The van der Waals surface area contributed by atoms with Gasteiger partial charge in [0.1, 0.15) is 36.5 Å². The molecule has 4 aromatic heterocycles. The summed E-state index contributed by atoms with van der Waals surface area (Å²) < 4.78 is 101. The molecule has 0 spiro atoms. The van der Waals surface area contributed by atoms with Gasteiger partial charge >= 0.3 is 24.3 Å². The smallest absolute Gasteiger partial charge is 0.421 e. The van der Waals surface area contributed by atoms with Gasteiger partial charge in [0.05, 0.1) is 10.8 Å². The average Bonchev–Trinajstić information content (AvgIpc) is 3.23. The summed E-state index contributed by atoms with van der Waals surface area (Å²) >= 11 is 0. The molecule has 2 aliphatic rings. The van der Waals surface area contributed by atoms with Gasteiger partial charge in [0, 0.05) is 61.1 Å². The molecule has 0 bridgehead atoms. The van der Waals surface area contributed by atoms with Crippen LogP contribution in [0.1, 0.15) is 93.4 Å². The lowest BCUT2D eigenvalue weighted by Gasteiger charge is -2.35. The van der Waals surface area contributed by atoms with E-state index in [0.29, 0.717) is 39.0 Å². The van der Waals surface area contributed by atoms with E-state index in [-0.39, 0.29) is 44.7 Å². The molecule has 0 saturated carbocycles. The zero-order valence-electron chi connectivity index (χ0n) is 35.4. The van der Waals surface area contributed by atoms with Gasteiger partial charge in [0.15, 0.2) is 0 Å². The zero-order valence-corrected chi connectivity index (χ0v) is 35.4. The minimum atomic E-state index is -4.60. The van der Waals surface area contributed by atoms with Gasteiger partial charge in [-0.2, -0.15) is 26.3 Å². The second-order valence-electron chi connectivity index (χ2n) is 16.5. The summed E-state index contributed by atoms with van der Waals surface area (Å²) in [5.74, 6) is -2.29. The molecule has 2 saturated heterocycles. The minimum Gasteiger partial charge on any atom is -0.476 e. The molecular weight excluding hydrogens is 835 g/mol. The normalized spacial score (nSPS) is 19.4. The number of alkyl halides is 6. The van der Waals surface area contributed by atoms with E-state index in [9.17, 15) is 35.9 Å². The van der Waals surface area contributed by atoms with E-state index in [0.717, 1.165) is 34.6 Å². The molecule has 0 unspecified atom stereocenters. The Kier molecular flexibility index (Phi) is 17.0. The maximum Gasteiger partial charge on any atom is 0.421 e. The number of halogens is 6. The number of carbonyl (C=O) groups is 2. The maximum absolute atomic E-state index is 13.2. The van der Waals surface area contributed by atoms with Crippen molar-refractivity contribution in [2.75, 3.05) is 39.4 Å². The molecule has 12 nitrogen and oxygen atoms in total. The van der Waals surface area contributed by atoms with Crippen molar-refractivity contribution in [1.82, 2.24) is 30.6 Å². The van der Waals surface area contributed by atoms with E-state index in [1.807, 2.05) is 38.1 Å². The second kappa shape index (κ2) is 21.3. The van der Waals surface area contributed by atoms with Crippen LogP contribution in [-0.2, 0) is 31.4 Å². The number of nitrogens with zero attached hydrogens (tertiary/aromatic N) is 4. The topological polar surface area (TPSA) is 147 Å². The first-order chi connectivity index (χ1) is 29.2. The van der Waals surface area contributed by atoms with Crippen LogP contribution in [0.25, 0.3) is 0 Å². The molecule has 344 valence electrons. The van der Waals surface area contributed by atoms with E-state index in [4.69, 9.17) is 18.9 Å². The fourth-order valence-electron chi connectivity index (χ4n) is 7.00. The molecule has 18 heteroatoms. The van der Waals surface area contributed by atoms with Crippen molar-refractivity contribution >= 4 is 11.9 Å². The molecule has 6 heterocycles. The van der Waals surface area contributed by atoms with E-state index >= 15 is 0 Å². The Hall–Kier alpha value is -5.36. The van der Waals surface area contributed by atoms with Crippen LogP contribution in [0.3, 0.4) is 0 Å². The van der Waals surface area contributed by atoms with Crippen LogP contribution in [0.4, 0.5) is 26.3 Å². The number of aryl methyl sites for hydroxylation is 2. The first-order valence-corrected chi connectivity index (χ1v) is 20.2. The summed E-state index contributed by atoms with van der Waals surface area (Å²) in [5.41, 5.74) is -0.548. The number of rotatable bonds is 12. The van der Waals surface area contributed by atoms with Crippen molar-refractivity contribution < 1.29 is 54.9 Å². The Labute approximate surface area is 363 Å². The molecule has 6 rings (SSSR count). The summed E-state index contributed by atoms with van der Waals surface area (Å²) in [5, 5.41) is 6.62. The highest BCUT2D eigenvalue weighted by Crippen LogP contribution is 2.38. The molecule has 0 radical (unpaired) electrons. The van der Waals surface area contributed by atoms with Crippen molar-refractivity contribution in [3.63, 3.8) is 0 Å². The summed E-state index contributed by atoms with van der Waals surface area (Å²) in [7, 11) is 0. The highest BCUT2D eigenvalue weighted by atomic mass is 19.4. The first kappa shape index (κ1) is 50.3. The van der Waals surface area contributed by atoms with Crippen molar-refractivity contribution in [1.29, 1.82) is 0 Å². The summed E-state index contributed by atoms with van der Waals surface area (Å²) in [6.45, 7) is 12.2. The first-order valence-electron chi connectivity index (χ1n) is 20.2. The third-order valence-corrected chi connectivity index (χ3v) is 10.6. The van der Waals surface area contributed by atoms with Crippen LogP contribution in [0.5, 0.6) is 11.8 Å². The number of aromatic nitrogens is 4. The molecule has 4 atom stereocenters. The van der Waals surface area contributed by atoms with Gasteiger partial charge in [0.25, 0.3) is 0 Å². The van der Waals surface area contributed by atoms with Gasteiger partial charge in [0.2, 0.25) is 11.8 Å². The maximum atomic E-state index is 13.2. The number of ether oxygens (including phenoxy) is 4. The lowest BCUT2D eigenvalue weighted by atomic mass is 9.87. The monoisotopic (exact) mass is 890 g/mol. The summed E-state index contributed by atoms with van der Waals surface area (Å²) in [4.78, 5) is 41.8. The Bertz CT molecular complexity index is 1990. The summed E-state index contributed by atoms with van der Waals surface area (Å²) in [6, 6.07) is 11.8. The standard InChI is InChI=1S/2C22H26F3N3O3.CH4/c2*1-14-15(6-4-9-27-14)16-12-26-11-8-18(16)31-20(29)21(2,3)13-30-19-17(22(23,24)25)7-5-10-28-19;/h2*4-7,9-10,16,18,26H,8,11-13H2,1-3H3;1H4/t2*16-,18+;/m10./s1. The van der Waals surface area contributed by atoms with E-state index in [1.165, 1.54) is 24.5 Å². The van der Waals surface area contributed by atoms with Crippen molar-refractivity contribution in [3.05, 3.63) is 107 Å². The van der Waals surface area contributed by atoms with Crippen LogP contribution in [0.15, 0.2) is 73.3 Å². The van der Waals surface area contributed by atoms with Gasteiger partial charge < -0.3 is 29.6 Å². The largest absolute Gasteiger partial charge is 0.476 e. The van der Waals surface area contributed by atoms with Gasteiger partial charge in [-0.05, 0) is 115 Å². The van der Waals surface area contributed by atoms with Gasteiger partial charge in [-0.15, -0.1) is 0 Å². The fraction of sp³-hybridized carbons (Fsp3) is 0.511. The van der Waals surface area contributed by atoms with Crippen LogP contribution in [0, 0.1) is 24.7 Å². The highest BCUT2D eigenvalue weighted by molar-refractivity contribution is 5.77. The quantitative estimate of drug-likeness (QED) is 0.104. The molecule has 4 aromatic rings. The number of piperidine rings is 2. The predicted molar refractivity (Wildman–Crippen MR) is 222 cm³/mol.